The van der Waals surface area contributed by atoms with Crippen molar-refractivity contribution in [3.63, 3.8) is 0 Å². The Morgan fingerprint density at radius 1 is 1.50 bits per heavy atom. The van der Waals surface area contributed by atoms with Gasteiger partial charge in [0.25, 0.3) is 5.91 Å². The van der Waals surface area contributed by atoms with Crippen molar-refractivity contribution in [3.8, 4) is 0 Å². The number of nitro groups is 1. The summed E-state index contributed by atoms with van der Waals surface area (Å²) in [5, 5.41) is 13.9. The molecule has 0 radical (unpaired) electrons. The van der Waals surface area contributed by atoms with Gasteiger partial charge in [-0.05, 0) is 18.9 Å². The van der Waals surface area contributed by atoms with E-state index < -0.39 is 16.7 Å². The second-order valence-electron chi connectivity index (χ2n) is 3.97. The van der Waals surface area contributed by atoms with E-state index in [0.29, 0.717) is 5.33 Å². The van der Waals surface area contributed by atoms with Gasteiger partial charge in [0.2, 0.25) is 0 Å². The highest BCUT2D eigenvalue weighted by atomic mass is 79.9. The van der Waals surface area contributed by atoms with E-state index in [4.69, 9.17) is 4.42 Å². The van der Waals surface area contributed by atoms with Gasteiger partial charge >= 0.3 is 5.88 Å². The van der Waals surface area contributed by atoms with Crippen molar-refractivity contribution in [2.45, 2.75) is 32.2 Å². The lowest BCUT2D eigenvalue weighted by atomic mass is 9.95. The predicted octanol–water partition coefficient (Wildman–Crippen LogP) is 2.87. The molecule has 0 aliphatic rings. The number of carbonyl (C=O) groups excluding carboxylic acids is 1. The van der Waals surface area contributed by atoms with Crippen LogP contribution in [0, 0.1) is 10.1 Å². The Balaban J connectivity index is 2.84. The summed E-state index contributed by atoms with van der Waals surface area (Å²) < 4.78 is 4.86. The van der Waals surface area contributed by atoms with E-state index in [1.54, 1.807) is 0 Å². The molecule has 0 saturated heterocycles. The summed E-state index contributed by atoms with van der Waals surface area (Å²) >= 11 is 3.37. The Bertz CT molecular complexity index is 432. The Morgan fingerprint density at radius 2 is 2.11 bits per heavy atom. The van der Waals surface area contributed by atoms with Gasteiger partial charge < -0.3 is 9.73 Å². The van der Waals surface area contributed by atoms with Crippen LogP contribution in [0.1, 0.15) is 37.2 Å². The van der Waals surface area contributed by atoms with Crippen LogP contribution in [0.25, 0.3) is 0 Å². The van der Waals surface area contributed by atoms with Gasteiger partial charge in [0.1, 0.15) is 4.92 Å². The van der Waals surface area contributed by atoms with E-state index >= 15 is 0 Å². The quantitative estimate of drug-likeness (QED) is 0.496. The van der Waals surface area contributed by atoms with Gasteiger partial charge in [0, 0.05) is 10.9 Å². The molecule has 0 aromatic carbocycles. The zero-order valence-electron chi connectivity index (χ0n) is 10.2. The molecule has 0 saturated carbocycles. The molecule has 0 fully saturated rings. The normalized spacial score (nSPS) is 11.3. The fourth-order valence-corrected chi connectivity index (χ4v) is 2.43. The molecule has 0 aliphatic carbocycles. The molecule has 7 heteroatoms. The van der Waals surface area contributed by atoms with Crippen LogP contribution in [0.4, 0.5) is 5.88 Å². The SMILES string of the molecule is CCC(CC)(CBr)NC(=O)c1ccc([N+](=O)[O-])o1. The van der Waals surface area contributed by atoms with E-state index in [-0.39, 0.29) is 11.3 Å². The predicted molar refractivity (Wildman–Crippen MR) is 69.9 cm³/mol. The van der Waals surface area contributed by atoms with Crippen molar-refractivity contribution in [3.05, 3.63) is 28.0 Å². The molecule has 0 atom stereocenters. The number of nitrogens with one attached hydrogen (secondary N) is 1. The Labute approximate surface area is 113 Å². The maximum atomic E-state index is 11.9. The van der Waals surface area contributed by atoms with Crippen LogP contribution in [-0.2, 0) is 0 Å². The topological polar surface area (TPSA) is 85.4 Å². The summed E-state index contributed by atoms with van der Waals surface area (Å²) in [6.45, 7) is 3.94. The van der Waals surface area contributed by atoms with Crippen LogP contribution in [0.2, 0.25) is 0 Å². The number of carbonyl (C=O) groups is 1. The molecule has 6 nitrogen and oxygen atoms in total. The highest BCUT2D eigenvalue weighted by Crippen LogP contribution is 2.21. The molecule has 1 N–H and O–H groups in total. The largest absolute Gasteiger partial charge is 0.433 e. The van der Waals surface area contributed by atoms with Crippen molar-refractivity contribution >= 4 is 27.7 Å². The number of halogens is 1. The smallest absolute Gasteiger partial charge is 0.395 e. The average Bonchev–Trinajstić information content (AvgIpc) is 2.86. The van der Waals surface area contributed by atoms with E-state index in [1.807, 2.05) is 13.8 Å². The van der Waals surface area contributed by atoms with Crippen LogP contribution in [0.15, 0.2) is 16.5 Å². The lowest BCUT2D eigenvalue weighted by molar-refractivity contribution is -0.402. The van der Waals surface area contributed by atoms with Gasteiger partial charge in [0.15, 0.2) is 5.76 Å². The second kappa shape index (κ2) is 5.99. The van der Waals surface area contributed by atoms with Crippen molar-refractivity contribution < 1.29 is 14.1 Å². The number of alkyl halides is 1. The number of rotatable bonds is 6. The molecular formula is C11H15BrN2O4. The van der Waals surface area contributed by atoms with Gasteiger partial charge in [0.05, 0.1) is 6.07 Å². The van der Waals surface area contributed by atoms with Crippen LogP contribution >= 0.6 is 15.9 Å². The van der Waals surface area contributed by atoms with Crippen LogP contribution in [0.5, 0.6) is 0 Å². The third kappa shape index (κ3) is 3.10. The number of furan rings is 1. The highest BCUT2D eigenvalue weighted by molar-refractivity contribution is 9.09. The lowest BCUT2D eigenvalue weighted by Crippen LogP contribution is -2.49. The summed E-state index contributed by atoms with van der Waals surface area (Å²) in [5.74, 6) is -0.919. The molecule has 1 amide bonds. The van der Waals surface area contributed by atoms with Gasteiger partial charge in [-0.15, -0.1) is 0 Å². The van der Waals surface area contributed by atoms with Crippen molar-refractivity contribution in [1.29, 1.82) is 0 Å². The lowest BCUT2D eigenvalue weighted by Gasteiger charge is -2.30. The Kier molecular flexibility index (Phi) is 4.89. The summed E-state index contributed by atoms with van der Waals surface area (Å²) in [5.41, 5.74) is -0.362. The van der Waals surface area contributed by atoms with Crippen molar-refractivity contribution in [1.82, 2.24) is 5.32 Å². The fourth-order valence-electron chi connectivity index (χ4n) is 1.50. The number of nitrogens with zero attached hydrogens (tertiary/aromatic N) is 1. The van der Waals surface area contributed by atoms with Crippen LogP contribution < -0.4 is 5.32 Å². The van der Waals surface area contributed by atoms with E-state index in [2.05, 4.69) is 21.2 Å². The molecule has 0 spiro atoms. The first-order valence-corrected chi connectivity index (χ1v) is 6.73. The summed E-state index contributed by atoms with van der Waals surface area (Å²) in [6.07, 6.45) is 1.51. The molecule has 0 bridgehead atoms. The highest BCUT2D eigenvalue weighted by Gasteiger charge is 2.29. The minimum absolute atomic E-state index is 0.0473. The second-order valence-corrected chi connectivity index (χ2v) is 4.53. The molecule has 1 aromatic rings. The third-order valence-corrected chi connectivity index (χ3v) is 4.06. The maximum Gasteiger partial charge on any atom is 0.433 e. The van der Waals surface area contributed by atoms with Gasteiger partial charge in [-0.25, -0.2) is 0 Å². The van der Waals surface area contributed by atoms with Crippen LogP contribution in [0.3, 0.4) is 0 Å². The summed E-state index contributed by atoms with van der Waals surface area (Å²) in [6, 6.07) is 2.47. The minimum atomic E-state index is -0.672. The Morgan fingerprint density at radius 3 is 2.50 bits per heavy atom. The van der Waals surface area contributed by atoms with Gasteiger partial charge in [-0.1, -0.05) is 29.8 Å². The number of hydrogen-bond acceptors (Lipinski definition) is 4. The molecule has 1 aromatic heterocycles. The molecule has 18 heavy (non-hydrogen) atoms. The Hall–Kier alpha value is -1.37. The van der Waals surface area contributed by atoms with Crippen molar-refractivity contribution in [2.24, 2.45) is 0 Å². The molecule has 1 heterocycles. The zero-order chi connectivity index (χ0) is 13.8. The molecular weight excluding hydrogens is 304 g/mol. The first-order chi connectivity index (χ1) is 8.48. The first kappa shape index (κ1) is 14.7. The fraction of sp³-hybridized carbons (Fsp3) is 0.545. The van der Waals surface area contributed by atoms with E-state index in [0.717, 1.165) is 12.8 Å². The summed E-state index contributed by atoms with van der Waals surface area (Å²) in [7, 11) is 0. The van der Waals surface area contributed by atoms with Gasteiger partial charge in [-0.2, -0.15) is 0 Å². The average molecular weight is 319 g/mol. The zero-order valence-corrected chi connectivity index (χ0v) is 11.8. The molecule has 100 valence electrons. The van der Waals surface area contributed by atoms with E-state index in [9.17, 15) is 14.9 Å². The third-order valence-electron chi connectivity index (χ3n) is 2.98. The minimum Gasteiger partial charge on any atom is -0.395 e. The van der Waals surface area contributed by atoms with Gasteiger partial charge in [-0.3, -0.25) is 14.9 Å². The first-order valence-electron chi connectivity index (χ1n) is 5.60. The summed E-state index contributed by atoms with van der Waals surface area (Å²) in [4.78, 5) is 21.7. The number of amides is 1. The number of hydrogen-bond donors (Lipinski definition) is 1. The molecule has 0 unspecified atom stereocenters. The molecule has 0 aliphatic heterocycles. The molecule has 1 rings (SSSR count). The van der Waals surface area contributed by atoms with Crippen LogP contribution in [-0.4, -0.2) is 21.7 Å². The standard InChI is InChI=1S/C11H15BrN2O4/c1-3-11(4-2,7-12)13-10(15)8-5-6-9(18-8)14(16)17/h5-6H,3-4,7H2,1-2H3,(H,13,15). The van der Waals surface area contributed by atoms with E-state index in [1.165, 1.54) is 12.1 Å². The maximum absolute atomic E-state index is 11.9. The monoisotopic (exact) mass is 318 g/mol. The van der Waals surface area contributed by atoms with Crippen molar-refractivity contribution in [2.75, 3.05) is 5.33 Å².